The second kappa shape index (κ2) is 6.85. The van der Waals surface area contributed by atoms with Gasteiger partial charge in [-0.15, -0.1) is 0 Å². The van der Waals surface area contributed by atoms with Crippen LogP contribution in [0, 0.1) is 21.4 Å². The van der Waals surface area contributed by atoms with Crippen LogP contribution in [0.25, 0.3) is 6.08 Å². The first kappa shape index (κ1) is 15.0. The fraction of sp³-hybridized carbons (Fsp3) is 0.0667. The van der Waals surface area contributed by atoms with Crippen molar-refractivity contribution in [2.75, 3.05) is 0 Å². The van der Waals surface area contributed by atoms with Gasteiger partial charge in [-0.25, -0.2) is 4.79 Å². The molecule has 0 bridgehead atoms. The van der Waals surface area contributed by atoms with E-state index < -0.39 is 16.8 Å². The highest BCUT2D eigenvalue weighted by molar-refractivity contribution is 5.86. The van der Waals surface area contributed by atoms with Gasteiger partial charge in [0, 0.05) is 6.08 Å². The molecule has 7 nitrogen and oxygen atoms in total. The molecular formula is C15H10N2O5. The van der Waals surface area contributed by atoms with Crippen LogP contribution in [0.4, 0.5) is 5.88 Å². The standard InChI is InChI=1S/C15H10N2O5/c16-9-11-1-3-12(4-2-11)10-21-15(18)8-6-13-5-7-14(22-13)17(19)20/h1-8H,10H2/b8-6+. The number of carbonyl (C=O) groups is 1. The predicted octanol–water partition coefficient (Wildman–Crippen LogP) is 2.82. The Morgan fingerprint density at radius 3 is 2.64 bits per heavy atom. The highest BCUT2D eigenvalue weighted by Crippen LogP contribution is 2.16. The molecule has 22 heavy (non-hydrogen) atoms. The van der Waals surface area contributed by atoms with Crippen molar-refractivity contribution in [2.24, 2.45) is 0 Å². The van der Waals surface area contributed by atoms with Crippen molar-refractivity contribution in [3.05, 3.63) is 69.5 Å². The number of hydrogen-bond donors (Lipinski definition) is 0. The number of ether oxygens (including phenoxy) is 1. The highest BCUT2D eigenvalue weighted by Gasteiger charge is 2.10. The summed E-state index contributed by atoms with van der Waals surface area (Å²) >= 11 is 0. The minimum Gasteiger partial charge on any atom is -0.458 e. The predicted molar refractivity (Wildman–Crippen MR) is 75.3 cm³/mol. The van der Waals surface area contributed by atoms with Gasteiger partial charge in [-0.05, 0) is 29.8 Å². The number of carbonyl (C=O) groups excluding carboxylic acids is 1. The van der Waals surface area contributed by atoms with Gasteiger partial charge in [-0.1, -0.05) is 12.1 Å². The van der Waals surface area contributed by atoms with Crippen molar-refractivity contribution >= 4 is 17.9 Å². The Balaban J connectivity index is 1.87. The average molecular weight is 298 g/mol. The molecule has 0 radical (unpaired) electrons. The Hall–Kier alpha value is -3.40. The minimum atomic E-state index is -0.666. The summed E-state index contributed by atoms with van der Waals surface area (Å²) in [4.78, 5) is 21.3. The maximum absolute atomic E-state index is 11.5. The minimum absolute atomic E-state index is 0.0627. The van der Waals surface area contributed by atoms with Crippen LogP contribution in [0.15, 0.2) is 46.9 Å². The van der Waals surface area contributed by atoms with Crippen molar-refractivity contribution in [3.8, 4) is 6.07 Å². The summed E-state index contributed by atoms with van der Waals surface area (Å²) in [6, 6.07) is 11.2. The van der Waals surface area contributed by atoms with Gasteiger partial charge in [-0.3, -0.25) is 10.1 Å². The number of nitrogens with zero attached hydrogens (tertiary/aromatic N) is 2. The smallest absolute Gasteiger partial charge is 0.433 e. The normalized spacial score (nSPS) is 10.3. The Morgan fingerprint density at radius 2 is 2.05 bits per heavy atom. The summed E-state index contributed by atoms with van der Waals surface area (Å²) in [5, 5.41) is 19.1. The zero-order valence-electron chi connectivity index (χ0n) is 11.3. The lowest BCUT2D eigenvalue weighted by molar-refractivity contribution is -0.402. The average Bonchev–Trinajstić information content (AvgIpc) is 3.00. The van der Waals surface area contributed by atoms with E-state index in [1.807, 2.05) is 6.07 Å². The monoisotopic (exact) mass is 298 g/mol. The van der Waals surface area contributed by atoms with Crippen molar-refractivity contribution in [2.45, 2.75) is 6.61 Å². The maximum Gasteiger partial charge on any atom is 0.433 e. The first-order chi connectivity index (χ1) is 10.6. The van der Waals surface area contributed by atoms with Crippen LogP contribution in [0.2, 0.25) is 0 Å². The molecule has 0 fully saturated rings. The molecule has 0 N–H and O–H groups in total. The molecule has 0 atom stereocenters. The van der Waals surface area contributed by atoms with E-state index in [4.69, 9.17) is 14.4 Å². The molecule has 1 aromatic carbocycles. The Labute approximate surface area is 125 Å². The molecule has 1 heterocycles. The third-order valence-corrected chi connectivity index (χ3v) is 2.64. The van der Waals surface area contributed by atoms with Crippen LogP contribution in [0.3, 0.4) is 0 Å². The zero-order chi connectivity index (χ0) is 15.9. The van der Waals surface area contributed by atoms with E-state index in [0.717, 1.165) is 11.6 Å². The number of nitro groups is 1. The van der Waals surface area contributed by atoms with Gasteiger partial charge in [0.15, 0.2) is 0 Å². The fourth-order valence-electron chi connectivity index (χ4n) is 1.56. The summed E-state index contributed by atoms with van der Waals surface area (Å²) in [6.07, 6.45) is 2.40. The van der Waals surface area contributed by atoms with Gasteiger partial charge < -0.3 is 9.15 Å². The van der Waals surface area contributed by atoms with E-state index in [0.29, 0.717) is 5.56 Å². The van der Waals surface area contributed by atoms with Crippen LogP contribution >= 0.6 is 0 Å². The van der Waals surface area contributed by atoms with E-state index in [9.17, 15) is 14.9 Å². The van der Waals surface area contributed by atoms with Crippen LogP contribution in [0.5, 0.6) is 0 Å². The van der Waals surface area contributed by atoms with Crippen molar-refractivity contribution in [3.63, 3.8) is 0 Å². The van der Waals surface area contributed by atoms with Crippen LogP contribution < -0.4 is 0 Å². The molecule has 0 spiro atoms. The third-order valence-electron chi connectivity index (χ3n) is 2.64. The number of esters is 1. The van der Waals surface area contributed by atoms with Gasteiger partial charge >= 0.3 is 11.9 Å². The van der Waals surface area contributed by atoms with E-state index in [-0.39, 0.29) is 12.4 Å². The van der Waals surface area contributed by atoms with Gasteiger partial charge in [0.2, 0.25) is 0 Å². The van der Waals surface area contributed by atoms with Gasteiger partial charge in [0.05, 0.1) is 17.7 Å². The lowest BCUT2D eigenvalue weighted by atomic mass is 10.2. The molecule has 2 rings (SSSR count). The van der Waals surface area contributed by atoms with E-state index in [2.05, 4.69) is 0 Å². The third kappa shape index (κ3) is 4.05. The van der Waals surface area contributed by atoms with Crippen molar-refractivity contribution < 1.29 is 18.9 Å². The molecule has 0 amide bonds. The quantitative estimate of drug-likeness (QED) is 0.363. The summed E-state index contributed by atoms with van der Waals surface area (Å²) in [5.74, 6) is -0.823. The van der Waals surface area contributed by atoms with Crippen LogP contribution in [-0.2, 0) is 16.1 Å². The van der Waals surface area contributed by atoms with Crippen LogP contribution in [-0.4, -0.2) is 10.9 Å². The summed E-state index contributed by atoms with van der Waals surface area (Å²) in [6.45, 7) is 0.0627. The molecule has 2 aromatic rings. The Bertz CT molecular complexity index is 753. The Morgan fingerprint density at radius 1 is 1.32 bits per heavy atom. The molecule has 0 unspecified atom stereocenters. The van der Waals surface area contributed by atoms with E-state index >= 15 is 0 Å². The van der Waals surface area contributed by atoms with Gasteiger partial charge in [0.25, 0.3) is 0 Å². The second-order valence-corrected chi connectivity index (χ2v) is 4.18. The number of benzene rings is 1. The number of nitriles is 1. The molecule has 0 saturated heterocycles. The topological polar surface area (TPSA) is 106 Å². The van der Waals surface area contributed by atoms with E-state index in [1.54, 1.807) is 24.3 Å². The Kier molecular flexibility index (Phi) is 4.67. The second-order valence-electron chi connectivity index (χ2n) is 4.18. The first-order valence-electron chi connectivity index (χ1n) is 6.16. The van der Waals surface area contributed by atoms with Crippen molar-refractivity contribution in [1.29, 1.82) is 5.26 Å². The molecule has 0 aliphatic carbocycles. The first-order valence-corrected chi connectivity index (χ1v) is 6.16. The number of rotatable bonds is 5. The fourth-order valence-corrected chi connectivity index (χ4v) is 1.56. The molecular weight excluding hydrogens is 288 g/mol. The zero-order valence-corrected chi connectivity index (χ0v) is 11.3. The molecule has 0 saturated carbocycles. The number of hydrogen-bond acceptors (Lipinski definition) is 6. The lowest BCUT2D eigenvalue weighted by Gasteiger charge is -2.01. The summed E-state index contributed by atoms with van der Waals surface area (Å²) in [5.41, 5.74) is 1.27. The van der Waals surface area contributed by atoms with Gasteiger partial charge in [0.1, 0.15) is 17.3 Å². The van der Waals surface area contributed by atoms with Gasteiger partial charge in [-0.2, -0.15) is 5.26 Å². The SMILES string of the molecule is N#Cc1ccc(COC(=O)/C=C/c2ccc([N+](=O)[O-])o2)cc1. The largest absolute Gasteiger partial charge is 0.458 e. The molecule has 110 valence electrons. The highest BCUT2D eigenvalue weighted by atomic mass is 16.6. The van der Waals surface area contributed by atoms with Crippen LogP contribution in [0.1, 0.15) is 16.9 Å². The molecule has 0 aliphatic rings. The van der Waals surface area contributed by atoms with E-state index in [1.165, 1.54) is 18.2 Å². The lowest BCUT2D eigenvalue weighted by Crippen LogP contribution is -2.00. The summed E-state index contributed by atoms with van der Waals surface area (Å²) < 4.78 is 9.85. The van der Waals surface area contributed by atoms with Crippen molar-refractivity contribution in [1.82, 2.24) is 0 Å². The molecule has 7 heteroatoms. The molecule has 1 aromatic heterocycles. The summed E-state index contributed by atoms with van der Waals surface area (Å²) in [7, 11) is 0. The number of furan rings is 1. The molecule has 0 aliphatic heterocycles. The maximum atomic E-state index is 11.5.